The molecule has 3 heteroatoms. The van der Waals surface area contributed by atoms with E-state index in [1.54, 1.807) is 0 Å². The molecule has 0 aromatic heterocycles. The zero-order valence-corrected chi connectivity index (χ0v) is 11.8. The molecule has 0 aromatic rings. The summed E-state index contributed by atoms with van der Waals surface area (Å²) in [7, 11) is 0. The fourth-order valence-electron chi connectivity index (χ4n) is 1.38. The van der Waals surface area contributed by atoms with Crippen LogP contribution in [0.4, 0.5) is 0 Å². The number of hydrogen-bond donors (Lipinski definition) is 1. The van der Waals surface area contributed by atoms with Gasteiger partial charge in [-0.2, -0.15) is 0 Å². The Morgan fingerprint density at radius 2 is 1.91 bits per heavy atom. The molecule has 1 fully saturated rings. The van der Waals surface area contributed by atoms with Crippen molar-refractivity contribution in [3.05, 3.63) is 0 Å². The van der Waals surface area contributed by atoms with Gasteiger partial charge in [0.1, 0.15) is 6.10 Å². The third-order valence-corrected chi connectivity index (χ3v) is 2.37. The van der Waals surface area contributed by atoms with Crippen molar-refractivity contribution in [3.63, 3.8) is 0 Å². The van der Waals surface area contributed by atoms with Crippen molar-refractivity contribution in [1.82, 2.24) is 0 Å². The van der Waals surface area contributed by atoms with Gasteiger partial charge >= 0.3 is 0 Å². The molecule has 0 aromatic carbocycles. The molecule has 0 spiro atoms. The number of rotatable bonds is 0. The normalized spacial score (nSPS) is 38.1. The number of ketones is 1. The van der Waals surface area contributed by atoms with Gasteiger partial charge in [-0.25, -0.2) is 0 Å². The second-order valence-electron chi connectivity index (χ2n) is 3.30. The van der Waals surface area contributed by atoms with Crippen LogP contribution in [0.3, 0.4) is 0 Å². The van der Waals surface area contributed by atoms with Crippen LogP contribution in [-0.4, -0.2) is 17.0 Å². The van der Waals surface area contributed by atoms with Gasteiger partial charge in [-0.05, 0) is 18.8 Å². The predicted octanol–water partition coefficient (Wildman–Crippen LogP) is 0.982. The van der Waals surface area contributed by atoms with Gasteiger partial charge in [0.05, 0.1) is 0 Å². The summed E-state index contributed by atoms with van der Waals surface area (Å²) in [6, 6.07) is 0. The standard InChI is InChI=1S/C8H14O2.Ac/c1-5-3-4-6(2)8(10)7(5)9;/h5-7,9H,3-4H2,1-2H3;. The molecule has 2 nitrogen and oxygen atoms in total. The van der Waals surface area contributed by atoms with E-state index in [1.165, 1.54) is 0 Å². The monoisotopic (exact) mass is 369 g/mol. The van der Waals surface area contributed by atoms with Crippen molar-refractivity contribution in [2.45, 2.75) is 32.8 Å². The summed E-state index contributed by atoms with van der Waals surface area (Å²) in [6.45, 7) is 3.81. The van der Waals surface area contributed by atoms with Gasteiger partial charge in [-0.1, -0.05) is 13.8 Å². The van der Waals surface area contributed by atoms with Crippen LogP contribution in [0, 0.1) is 55.9 Å². The second kappa shape index (κ2) is 4.94. The SMILES string of the molecule is CC1CCC(C)C(O)C1=O.[Ac]. The molecular weight excluding hydrogens is 355 g/mol. The molecule has 0 bridgehead atoms. The summed E-state index contributed by atoms with van der Waals surface area (Å²) < 4.78 is 0. The van der Waals surface area contributed by atoms with Crippen LogP contribution in [0.5, 0.6) is 0 Å². The smallest absolute Gasteiger partial charge is 0.164 e. The van der Waals surface area contributed by atoms with Crippen molar-refractivity contribution in [2.75, 3.05) is 0 Å². The molecule has 0 aliphatic heterocycles. The van der Waals surface area contributed by atoms with Crippen molar-refractivity contribution in [3.8, 4) is 0 Å². The molecule has 1 aliphatic rings. The third-order valence-electron chi connectivity index (χ3n) is 2.37. The van der Waals surface area contributed by atoms with Crippen molar-refractivity contribution < 1.29 is 54.0 Å². The first-order valence-corrected chi connectivity index (χ1v) is 3.84. The minimum absolute atomic E-state index is 0. The maximum Gasteiger partial charge on any atom is 0.164 e. The van der Waals surface area contributed by atoms with Gasteiger partial charge < -0.3 is 5.11 Å². The van der Waals surface area contributed by atoms with Gasteiger partial charge in [0.2, 0.25) is 0 Å². The summed E-state index contributed by atoms with van der Waals surface area (Å²) in [4.78, 5) is 11.1. The summed E-state index contributed by atoms with van der Waals surface area (Å²) in [5.41, 5.74) is 0. The molecule has 0 saturated heterocycles. The van der Waals surface area contributed by atoms with Crippen molar-refractivity contribution in [1.29, 1.82) is 0 Å². The van der Waals surface area contributed by atoms with E-state index in [4.69, 9.17) is 0 Å². The van der Waals surface area contributed by atoms with E-state index in [0.29, 0.717) is 0 Å². The molecule has 61 valence electrons. The molecule has 0 heterocycles. The largest absolute Gasteiger partial charge is 0.385 e. The van der Waals surface area contributed by atoms with E-state index in [2.05, 4.69) is 0 Å². The first-order chi connectivity index (χ1) is 4.63. The molecule has 1 rings (SSSR count). The van der Waals surface area contributed by atoms with E-state index in [1.807, 2.05) is 13.8 Å². The molecule has 1 saturated carbocycles. The van der Waals surface area contributed by atoms with Gasteiger partial charge in [-0.15, -0.1) is 0 Å². The molecule has 3 unspecified atom stereocenters. The molecular formula is C8H14AcO2. The molecule has 11 heavy (non-hydrogen) atoms. The first kappa shape index (κ1) is 12.1. The summed E-state index contributed by atoms with van der Waals surface area (Å²) in [5.74, 6) is 0.272. The molecule has 1 N–H and O–H groups in total. The van der Waals surface area contributed by atoms with E-state index < -0.39 is 6.10 Å². The Labute approximate surface area is 103 Å². The molecule has 1 aliphatic carbocycles. The average molecular weight is 369 g/mol. The molecule has 3 atom stereocenters. The number of carbonyl (C=O) groups excluding carboxylic acids is 1. The van der Waals surface area contributed by atoms with Gasteiger partial charge in [-0.3, -0.25) is 4.79 Å². The van der Waals surface area contributed by atoms with Gasteiger partial charge in [0.15, 0.2) is 5.78 Å². The fourth-order valence-corrected chi connectivity index (χ4v) is 1.38. The molecule has 1 radical (unpaired) electrons. The maximum absolute atomic E-state index is 11.1. The molecule has 0 amide bonds. The van der Waals surface area contributed by atoms with Crippen LogP contribution in [0.2, 0.25) is 0 Å². The van der Waals surface area contributed by atoms with E-state index >= 15 is 0 Å². The quantitative estimate of drug-likeness (QED) is 0.692. The zero-order chi connectivity index (χ0) is 7.72. The summed E-state index contributed by atoms with van der Waals surface area (Å²) >= 11 is 0. The van der Waals surface area contributed by atoms with Gasteiger partial charge in [0.25, 0.3) is 0 Å². The Morgan fingerprint density at radius 3 is 2.36 bits per heavy atom. The Morgan fingerprint density at radius 1 is 1.36 bits per heavy atom. The Kier molecular flexibility index (Phi) is 5.43. The minimum Gasteiger partial charge on any atom is -0.385 e. The van der Waals surface area contributed by atoms with Crippen molar-refractivity contribution in [2.24, 2.45) is 11.8 Å². The average Bonchev–Trinajstić information content (AvgIpc) is 1.93. The number of hydrogen-bond acceptors (Lipinski definition) is 2. The van der Waals surface area contributed by atoms with E-state index in [-0.39, 0.29) is 61.7 Å². The van der Waals surface area contributed by atoms with E-state index in [0.717, 1.165) is 12.8 Å². The number of Topliss-reactive ketones (excluding diaryl/α,β-unsaturated/α-hetero) is 1. The Hall–Kier alpha value is 1.07. The minimum atomic E-state index is -0.691. The zero-order valence-electron chi connectivity index (χ0n) is 7.08. The van der Waals surface area contributed by atoms with Crippen LogP contribution >= 0.6 is 0 Å². The first-order valence-electron chi connectivity index (χ1n) is 3.84. The van der Waals surface area contributed by atoms with Crippen LogP contribution in [0.15, 0.2) is 0 Å². The Bertz CT molecular complexity index is 147. The number of carbonyl (C=O) groups is 1. The van der Waals surface area contributed by atoms with E-state index in [9.17, 15) is 9.90 Å². The van der Waals surface area contributed by atoms with Gasteiger partial charge in [0, 0.05) is 50.0 Å². The number of aliphatic hydroxyl groups excluding tert-OH is 1. The predicted molar refractivity (Wildman–Crippen MR) is 38.6 cm³/mol. The third kappa shape index (κ3) is 2.79. The number of aliphatic hydroxyl groups is 1. The van der Waals surface area contributed by atoms with Crippen LogP contribution in [-0.2, 0) is 4.79 Å². The van der Waals surface area contributed by atoms with Crippen molar-refractivity contribution >= 4 is 5.78 Å². The van der Waals surface area contributed by atoms with Crippen LogP contribution in [0.25, 0.3) is 0 Å². The summed E-state index contributed by atoms with van der Waals surface area (Å²) in [5, 5.41) is 9.27. The van der Waals surface area contributed by atoms with Crippen LogP contribution in [0.1, 0.15) is 26.7 Å². The van der Waals surface area contributed by atoms with Crippen LogP contribution < -0.4 is 0 Å². The Balaban J connectivity index is 0.000001000. The fraction of sp³-hybridized carbons (Fsp3) is 0.875. The topological polar surface area (TPSA) is 37.3 Å². The summed E-state index contributed by atoms with van der Waals surface area (Å²) in [6.07, 6.45) is 1.23. The maximum atomic E-state index is 11.1. The second-order valence-corrected chi connectivity index (χ2v) is 3.30.